The fraction of sp³-hybridized carbons (Fsp3) is 0.133. The molecule has 0 aliphatic rings. The molecule has 0 atom stereocenters. The molecule has 0 unspecified atom stereocenters. The second-order valence-corrected chi connectivity index (χ2v) is 8.86. The molecule has 0 saturated heterocycles. The third-order valence-electron chi connectivity index (χ3n) is 5.95. The number of halogens is 1. The standard InChI is InChI=1S/C30H26ClN3O7/c1-38-25-14-19(15-26(39-2)28(25)40-3)29(36)32-17-27(35)34-33-16-22-20-9-5-4-8-18(20)12-13-24(22)41-30(37)21-10-6-7-11-23(21)31/h4-16H,17H2,1-3H3,(H,32,36)(H,34,35)/b33-16+. The number of fused-ring (bicyclic) bond motifs is 1. The summed E-state index contributed by atoms with van der Waals surface area (Å²) in [5, 5.41) is 8.42. The van der Waals surface area contributed by atoms with Crippen molar-refractivity contribution in [2.75, 3.05) is 27.9 Å². The van der Waals surface area contributed by atoms with Gasteiger partial charge in [-0.2, -0.15) is 5.10 Å². The molecule has 41 heavy (non-hydrogen) atoms. The molecule has 2 N–H and O–H groups in total. The van der Waals surface area contributed by atoms with Gasteiger partial charge in [0.1, 0.15) is 5.75 Å². The topological polar surface area (TPSA) is 125 Å². The van der Waals surface area contributed by atoms with Crippen molar-refractivity contribution < 1.29 is 33.3 Å². The summed E-state index contributed by atoms with van der Waals surface area (Å²) in [5.41, 5.74) is 3.25. The molecule has 0 bridgehead atoms. The van der Waals surface area contributed by atoms with E-state index in [4.69, 9.17) is 30.5 Å². The van der Waals surface area contributed by atoms with Crippen LogP contribution in [0.5, 0.6) is 23.0 Å². The third kappa shape index (κ3) is 6.74. The fourth-order valence-electron chi connectivity index (χ4n) is 3.96. The normalized spacial score (nSPS) is 10.7. The van der Waals surface area contributed by atoms with Gasteiger partial charge in [-0.05, 0) is 41.1 Å². The van der Waals surface area contributed by atoms with Gasteiger partial charge in [0.2, 0.25) is 5.75 Å². The second kappa shape index (κ2) is 13.3. The molecule has 11 heteroatoms. The molecule has 0 spiro atoms. The Balaban J connectivity index is 1.47. The van der Waals surface area contributed by atoms with Crippen LogP contribution in [0.25, 0.3) is 10.8 Å². The van der Waals surface area contributed by atoms with Gasteiger partial charge < -0.3 is 24.3 Å². The minimum Gasteiger partial charge on any atom is -0.493 e. The number of amides is 2. The molecular weight excluding hydrogens is 550 g/mol. The minimum absolute atomic E-state index is 0.205. The molecule has 0 heterocycles. The number of ether oxygens (including phenoxy) is 4. The van der Waals surface area contributed by atoms with Crippen molar-refractivity contribution in [3.8, 4) is 23.0 Å². The molecule has 10 nitrogen and oxygen atoms in total. The first-order valence-corrected chi connectivity index (χ1v) is 12.6. The largest absolute Gasteiger partial charge is 0.493 e. The predicted octanol–water partition coefficient (Wildman–Crippen LogP) is 4.62. The first-order chi connectivity index (χ1) is 19.9. The van der Waals surface area contributed by atoms with Crippen LogP contribution >= 0.6 is 11.6 Å². The number of nitrogens with zero attached hydrogens (tertiary/aromatic N) is 1. The number of carbonyl (C=O) groups is 3. The van der Waals surface area contributed by atoms with Crippen molar-refractivity contribution in [3.05, 3.63) is 94.5 Å². The number of esters is 1. The lowest BCUT2D eigenvalue weighted by atomic mass is 10.0. The zero-order valence-electron chi connectivity index (χ0n) is 22.4. The summed E-state index contributed by atoms with van der Waals surface area (Å²) < 4.78 is 21.4. The fourth-order valence-corrected chi connectivity index (χ4v) is 4.18. The van der Waals surface area contributed by atoms with Crippen LogP contribution in [-0.2, 0) is 4.79 Å². The lowest BCUT2D eigenvalue weighted by Gasteiger charge is -2.14. The van der Waals surface area contributed by atoms with Gasteiger partial charge in [0.25, 0.3) is 11.8 Å². The van der Waals surface area contributed by atoms with Crippen molar-refractivity contribution in [1.29, 1.82) is 0 Å². The van der Waals surface area contributed by atoms with Crippen molar-refractivity contribution in [1.82, 2.24) is 10.7 Å². The van der Waals surface area contributed by atoms with Crippen molar-refractivity contribution in [2.45, 2.75) is 0 Å². The van der Waals surface area contributed by atoms with Gasteiger partial charge in [-0.15, -0.1) is 0 Å². The van der Waals surface area contributed by atoms with E-state index in [9.17, 15) is 14.4 Å². The summed E-state index contributed by atoms with van der Waals surface area (Å²) in [7, 11) is 4.32. The highest BCUT2D eigenvalue weighted by Gasteiger charge is 2.18. The molecule has 2 amide bonds. The van der Waals surface area contributed by atoms with Crippen LogP contribution in [0.3, 0.4) is 0 Å². The molecular formula is C30H26ClN3O7. The van der Waals surface area contributed by atoms with E-state index in [1.54, 1.807) is 36.4 Å². The molecule has 0 fully saturated rings. The molecule has 0 saturated carbocycles. The highest BCUT2D eigenvalue weighted by Crippen LogP contribution is 2.38. The van der Waals surface area contributed by atoms with Gasteiger partial charge in [-0.3, -0.25) is 9.59 Å². The number of methoxy groups -OCH3 is 3. The zero-order chi connectivity index (χ0) is 29.4. The quantitative estimate of drug-likeness (QED) is 0.122. The van der Waals surface area contributed by atoms with Gasteiger partial charge in [0.05, 0.1) is 44.7 Å². The minimum atomic E-state index is -0.640. The van der Waals surface area contributed by atoms with E-state index in [-0.39, 0.29) is 28.4 Å². The molecule has 0 aliphatic heterocycles. The molecule has 0 aliphatic carbocycles. The summed E-state index contributed by atoms with van der Waals surface area (Å²) >= 11 is 6.15. The van der Waals surface area contributed by atoms with Gasteiger partial charge in [0.15, 0.2) is 11.5 Å². The maximum Gasteiger partial charge on any atom is 0.345 e. The second-order valence-electron chi connectivity index (χ2n) is 8.46. The van der Waals surface area contributed by atoms with Crippen molar-refractivity contribution in [3.63, 3.8) is 0 Å². The summed E-state index contributed by atoms with van der Waals surface area (Å²) in [6.07, 6.45) is 1.37. The summed E-state index contributed by atoms with van der Waals surface area (Å²) in [4.78, 5) is 37.9. The first kappa shape index (κ1) is 28.9. The molecule has 4 aromatic rings. The maximum absolute atomic E-state index is 12.8. The van der Waals surface area contributed by atoms with E-state index < -0.39 is 17.8 Å². The van der Waals surface area contributed by atoms with Gasteiger partial charge in [-0.25, -0.2) is 10.2 Å². The first-order valence-electron chi connectivity index (χ1n) is 12.2. The highest BCUT2D eigenvalue weighted by molar-refractivity contribution is 6.33. The van der Waals surface area contributed by atoms with E-state index in [2.05, 4.69) is 15.8 Å². The number of carbonyl (C=O) groups excluding carboxylic acids is 3. The third-order valence-corrected chi connectivity index (χ3v) is 6.28. The molecule has 210 valence electrons. The molecule has 0 aromatic heterocycles. The summed E-state index contributed by atoms with van der Waals surface area (Å²) in [5.74, 6) is -0.604. The van der Waals surface area contributed by atoms with Crippen LogP contribution < -0.4 is 29.7 Å². The van der Waals surface area contributed by atoms with E-state index in [1.807, 2.05) is 24.3 Å². The Bertz CT molecular complexity index is 1610. The van der Waals surface area contributed by atoms with Crippen LogP contribution in [-0.4, -0.2) is 51.9 Å². The SMILES string of the molecule is COc1cc(C(=O)NCC(=O)N/N=C/c2c(OC(=O)c3ccccc3Cl)ccc3ccccc23)cc(OC)c1OC. The molecule has 0 radical (unpaired) electrons. The summed E-state index contributed by atoms with van der Waals surface area (Å²) in [6.45, 7) is -0.364. The van der Waals surface area contributed by atoms with Crippen LogP contribution in [0.4, 0.5) is 0 Å². The van der Waals surface area contributed by atoms with Crippen molar-refractivity contribution in [2.24, 2.45) is 5.10 Å². The van der Waals surface area contributed by atoms with E-state index >= 15 is 0 Å². The van der Waals surface area contributed by atoms with E-state index in [0.717, 1.165) is 10.8 Å². The number of benzene rings is 4. The average Bonchev–Trinajstić information content (AvgIpc) is 2.99. The lowest BCUT2D eigenvalue weighted by molar-refractivity contribution is -0.120. The number of hydrogen-bond acceptors (Lipinski definition) is 8. The predicted molar refractivity (Wildman–Crippen MR) is 155 cm³/mol. The number of hydrazone groups is 1. The Morgan fingerprint density at radius 3 is 2.22 bits per heavy atom. The number of nitrogens with one attached hydrogen (secondary N) is 2. The van der Waals surface area contributed by atoms with E-state index in [1.165, 1.54) is 39.7 Å². The number of hydrogen-bond donors (Lipinski definition) is 2. The molecule has 4 rings (SSSR count). The van der Waals surface area contributed by atoms with Crippen LogP contribution in [0.2, 0.25) is 5.02 Å². The van der Waals surface area contributed by atoms with Gasteiger partial charge in [0, 0.05) is 11.1 Å². The Morgan fingerprint density at radius 2 is 1.54 bits per heavy atom. The Labute approximate surface area is 240 Å². The summed E-state index contributed by atoms with van der Waals surface area (Å²) in [6, 6.07) is 20.4. The Kier molecular flexibility index (Phi) is 9.39. The maximum atomic E-state index is 12.8. The van der Waals surface area contributed by atoms with Crippen LogP contribution in [0.15, 0.2) is 77.9 Å². The Morgan fingerprint density at radius 1 is 0.854 bits per heavy atom. The van der Waals surface area contributed by atoms with Gasteiger partial charge in [-0.1, -0.05) is 54.1 Å². The van der Waals surface area contributed by atoms with Crippen molar-refractivity contribution >= 4 is 46.4 Å². The Hall–Kier alpha value is -5.09. The van der Waals surface area contributed by atoms with Crippen LogP contribution in [0, 0.1) is 0 Å². The zero-order valence-corrected chi connectivity index (χ0v) is 23.2. The van der Waals surface area contributed by atoms with Crippen LogP contribution in [0.1, 0.15) is 26.3 Å². The molecule has 4 aromatic carbocycles. The highest BCUT2D eigenvalue weighted by atomic mass is 35.5. The lowest BCUT2D eigenvalue weighted by Crippen LogP contribution is -2.35. The number of rotatable bonds is 10. The monoisotopic (exact) mass is 575 g/mol. The van der Waals surface area contributed by atoms with E-state index in [0.29, 0.717) is 22.8 Å². The van der Waals surface area contributed by atoms with Gasteiger partial charge >= 0.3 is 5.97 Å². The average molecular weight is 576 g/mol. The smallest absolute Gasteiger partial charge is 0.345 e.